The summed E-state index contributed by atoms with van der Waals surface area (Å²) in [5.41, 5.74) is 7.72. The van der Waals surface area contributed by atoms with Crippen LogP contribution in [0.25, 0.3) is 0 Å². The molecule has 0 spiro atoms. The molecule has 0 bridgehead atoms. The molecule has 27 heavy (non-hydrogen) atoms. The standard InChI is InChI=1S/C20H27N3O4/c1-5-10-27-17-8-6-14(11-18(17)25-3)13-22-20(21)23-15-7-9-16(24-2)19(12-15)26-4/h6-9,11-12H,5,10,13H2,1-4H3,(H3,21,22,23). The van der Waals surface area contributed by atoms with Gasteiger partial charge in [-0.15, -0.1) is 0 Å². The molecule has 0 saturated heterocycles. The molecule has 0 aliphatic rings. The first-order chi connectivity index (χ1) is 13.1. The van der Waals surface area contributed by atoms with Gasteiger partial charge in [-0.1, -0.05) is 13.0 Å². The number of nitrogens with two attached hydrogens (primary N) is 1. The van der Waals surface area contributed by atoms with Crippen LogP contribution < -0.4 is 30.0 Å². The predicted octanol–water partition coefficient (Wildman–Crippen LogP) is 3.43. The van der Waals surface area contributed by atoms with E-state index in [9.17, 15) is 0 Å². The maximum Gasteiger partial charge on any atom is 0.193 e. The van der Waals surface area contributed by atoms with Crippen LogP contribution in [0.4, 0.5) is 5.69 Å². The minimum Gasteiger partial charge on any atom is -0.493 e. The second kappa shape index (κ2) is 10.2. The smallest absolute Gasteiger partial charge is 0.193 e. The number of methoxy groups -OCH3 is 3. The summed E-state index contributed by atoms with van der Waals surface area (Å²) in [6.07, 6.45) is 0.938. The Balaban J connectivity index is 2.04. The monoisotopic (exact) mass is 373 g/mol. The Kier molecular flexibility index (Phi) is 7.61. The van der Waals surface area contributed by atoms with Crippen molar-refractivity contribution in [1.82, 2.24) is 0 Å². The zero-order chi connectivity index (χ0) is 19.6. The molecule has 0 aromatic heterocycles. The molecule has 7 heteroatoms. The van der Waals surface area contributed by atoms with Gasteiger partial charge >= 0.3 is 0 Å². The SMILES string of the molecule is CCCOc1ccc(CN=C(N)Nc2ccc(OC)c(OC)c2)cc1OC. The summed E-state index contributed by atoms with van der Waals surface area (Å²) in [7, 11) is 4.79. The largest absolute Gasteiger partial charge is 0.493 e. The van der Waals surface area contributed by atoms with Crippen molar-refractivity contribution in [2.75, 3.05) is 33.3 Å². The van der Waals surface area contributed by atoms with Gasteiger partial charge in [-0.2, -0.15) is 0 Å². The third-order valence-corrected chi connectivity index (χ3v) is 3.78. The third kappa shape index (κ3) is 5.70. The highest BCUT2D eigenvalue weighted by Gasteiger charge is 2.07. The van der Waals surface area contributed by atoms with Crippen LogP contribution in [-0.4, -0.2) is 33.9 Å². The first-order valence-corrected chi connectivity index (χ1v) is 8.70. The van der Waals surface area contributed by atoms with E-state index in [1.54, 1.807) is 33.5 Å². The summed E-state index contributed by atoms with van der Waals surface area (Å²) in [6.45, 7) is 3.12. The Morgan fingerprint density at radius 1 is 0.926 bits per heavy atom. The van der Waals surface area contributed by atoms with E-state index in [0.717, 1.165) is 23.4 Å². The van der Waals surface area contributed by atoms with E-state index < -0.39 is 0 Å². The highest BCUT2D eigenvalue weighted by molar-refractivity contribution is 5.92. The average Bonchev–Trinajstić information content (AvgIpc) is 2.70. The molecule has 2 aromatic rings. The summed E-state index contributed by atoms with van der Waals surface area (Å²) in [5, 5.41) is 3.04. The molecule has 0 aliphatic carbocycles. The summed E-state index contributed by atoms with van der Waals surface area (Å²) in [4.78, 5) is 4.37. The summed E-state index contributed by atoms with van der Waals surface area (Å²) < 4.78 is 21.5. The molecule has 0 fully saturated rings. The van der Waals surface area contributed by atoms with E-state index in [4.69, 9.17) is 24.7 Å². The van der Waals surface area contributed by atoms with E-state index in [1.165, 1.54) is 0 Å². The van der Waals surface area contributed by atoms with Crippen molar-refractivity contribution in [3.63, 3.8) is 0 Å². The zero-order valence-electron chi connectivity index (χ0n) is 16.2. The first kappa shape index (κ1) is 20.2. The van der Waals surface area contributed by atoms with Crippen LogP contribution in [0.3, 0.4) is 0 Å². The normalized spacial score (nSPS) is 11.0. The molecule has 0 aliphatic heterocycles. The van der Waals surface area contributed by atoms with Gasteiger partial charge in [-0.3, -0.25) is 0 Å². The summed E-state index contributed by atoms with van der Waals surface area (Å²) in [5.74, 6) is 2.97. The van der Waals surface area contributed by atoms with Gasteiger partial charge in [-0.05, 0) is 36.2 Å². The molecule has 146 valence electrons. The van der Waals surface area contributed by atoms with Crippen molar-refractivity contribution < 1.29 is 18.9 Å². The van der Waals surface area contributed by atoms with Crippen molar-refractivity contribution in [3.8, 4) is 23.0 Å². The Hall–Kier alpha value is -3.09. The van der Waals surface area contributed by atoms with Crippen molar-refractivity contribution in [2.45, 2.75) is 19.9 Å². The Bertz CT molecular complexity index is 778. The molecule has 0 unspecified atom stereocenters. The second-order valence-corrected chi connectivity index (χ2v) is 5.73. The van der Waals surface area contributed by atoms with Crippen LogP contribution >= 0.6 is 0 Å². The minimum atomic E-state index is 0.299. The fraction of sp³-hybridized carbons (Fsp3) is 0.350. The molecule has 3 N–H and O–H groups in total. The topological polar surface area (TPSA) is 87.3 Å². The molecule has 2 rings (SSSR count). The molecule has 0 saturated carbocycles. The highest BCUT2D eigenvalue weighted by atomic mass is 16.5. The molecular weight excluding hydrogens is 346 g/mol. The van der Waals surface area contributed by atoms with Gasteiger partial charge in [0.05, 0.1) is 34.5 Å². The van der Waals surface area contributed by atoms with Gasteiger partial charge in [0, 0.05) is 11.8 Å². The van der Waals surface area contributed by atoms with E-state index in [-0.39, 0.29) is 0 Å². The molecule has 0 amide bonds. The van der Waals surface area contributed by atoms with Crippen LogP contribution in [0.2, 0.25) is 0 Å². The predicted molar refractivity (Wildman–Crippen MR) is 107 cm³/mol. The second-order valence-electron chi connectivity index (χ2n) is 5.73. The Labute approximate surface area is 160 Å². The number of anilines is 1. The van der Waals surface area contributed by atoms with Crippen molar-refractivity contribution in [2.24, 2.45) is 10.7 Å². The fourth-order valence-corrected chi connectivity index (χ4v) is 2.42. The zero-order valence-corrected chi connectivity index (χ0v) is 16.2. The third-order valence-electron chi connectivity index (χ3n) is 3.78. The van der Waals surface area contributed by atoms with E-state index in [0.29, 0.717) is 36.4 Å². The van der Waals surface area contributed by atoms with Crippen molar-refractivity contribution >= 4 is 11.6 Å². The Morgan fingerprint density at radius 2 is 1.59 bits per heavy atom. The molecule has 0 radical (unpaired) electrons. The number of hydrogen-bond acceptors (Lipinski definition) is 5. The number of benzene rings is 2. The van der Waals surface area contributed by atoms with E-state index in [2.05, 4.69) is 17.2 Å². The van der Waals surface area contributed by atoms with Crippen LogP contribution in [0.5, 0.6) is 23.0 Å². The Morgan fingerprint density at radius 3 is 2.26 bits per heavy atom. The maximum atomic E-state index is 5.99. The van der Waals surface area contributed by atoms with Gasteiger partial charge in [-0.25, -0.2) is 4.99 Å². The fourth-order valence-electron chi connectivity index (χ4n) is 2.42. The van der Waals surface area contributed by atoms with Crippen LogP contribution in [0, 0.1) is 0 Å². The molecule has 2 aromatic carbocycles. The first-order valence-electron chi connectivity index (χ1n) is 8.70. The lowest BCUT2D eigenvalue weighted by molar-refractivity contribution is 0.294. The number of guanidine groups is 1. The van der Waals surface area contributed by atoms with Gasteiger partial charge in [0.15, 0.2) is 29.0 Å². The average molecular weight is 373 g/mol. The number of hydrogen-bond donors (Lipinski definition) is 2. The van der Waals surface area contributed by atoms with Crippen LogP contribution in [-0.2, 0) is 6.54 Å². The van der Waals surface area contributed by atoms with E-state index in [1.807, 2.05) is 24.3 Å². The van der Waals surface area contributed by atoms with Gasteiger partial charge in [0.2, 0.25) is 0 Å². The number of rotatable bonds is 9. The number of nitrogens with zero attached hydrogens (tertiary/aromatic N) is 1. The lowest BCUT2D eigenvalue weighted by Crippen LogP contribution is -2.22. The lowest BCUT2D eigenvalue weighted by atomic mass is 10.2. The maximum absolute atomic E-state index is 5.99. The number of nitrogens with one attached hydrogen (secondary N) is 1. The van der Waals surface area contributed by atoms with Crippen LogP contribution in [0.1, 0.15) is 18.9 Å². The molecule has 0 heterocycles. The number of aliphatic imine (C=N–C) groups is 1. The quantitative estimate of drug-likeness (QED) is 0.517. The molecule has 7 nitrogen and oxygen atoms in total. The molecule has 0 atom stereocenters. The van der Waals surface area contributed by atoms with Gasteiger partial charge in [0.25, 0.3) is 0 Å². The van der Waals surface area contributed by atoms with Crippen molar-refractivity contribution in [3.05, 3.63) is 42.0 Å². The highest BCUT2D eigenvalue weighted by Crippen LogP contribution is 2.30. The lowest BCUT2D eigenvalue weighted by Gasteiger charge is -2.12. The van der Waals surface area contributed by atoms with Crippen molar-refractivity contribution in [1.29, 1.82) is 0 Å². The van der Waals surface area contributed by atoms with E-state index >= 15 is 0 Å². The summed E-state index contributed by atoms with van der Waals surface area (Å²) in [6, 6.07) is 11.2. The number of ether oxygens (including phenoxy) is 4. The van der Waals surface area contributed by atoms with Gasteiger partial charge < -0.3 is 30.0 Å². The summed E-state index contributed by atoms with van der Waals surface area (Å²) >= 11 is 0. The van der Waals surface area contributed by atoms with Gasteiger partial charge in [0.1, 0.15) is 0 Å². The minimum absolute atomic E-state index is 0.299. The molecular formula is C20H27N3O4. The van der Waals surface area contributed by atoms with Crippen LogP contribution in [0.15, 0.2) is 41.4 Å².